The largest absolute Gasteiger partial charge is 0.483 e. The van der Waals surface area contributed by atoms with Crippen LogP contribution in [0.5, 0.6) is 5.75 Å². The molecule has 0 heterocycles. The molecule has 1 N–H and O–H groups in total. The van der Waals surface area contributed by atoms with E-state index in [9.17, 15) is 4.79 Å². The number of benzene rings is 2. The van der Waals surface area contributed by atoms with Crippen LogP contribution in [0.15, 0.2) is 52.0 Å². The Kier molecular flexibility index (Phi) is 6.37. The van der Waals surface area contributed by atoms with Crippen LogP contribution in [-0.4, -0.2) is 18.7 Å². The van der Waals surface area contributed by atoms with E-state index < -0.39 is 0 Å². The summed E-state index contributed by atoms with van der Waals surface area (Å²) in [5.74, 6) is 0.317. The number of nitrogens with zero attached hydrogens (tertiary/aromatic N) is 1. The first-order valence-electron chi connectivity index (χ1n) is 8.07. The SMILES string of the molecule is Cc1ccc(OCC(=O)N/N=C/c2ccc(C(C)(C)C)cc2)c(Br)c1. The summed E-state index contributed by atoms with van der Waals surface area (Å²) in [6.07, 6.45) is 1.62. The van der Waals surface area contributed by atoms with E-state index in [2.05, 4.69) is 59.4 Å². The topological polar surface area (TPSA) is 50.7 Å². The van der Waals surface area contributed by atoms with E-state index in [1.807, 2.05) is 37.3 Å². The summed E-state index contributed by atoms with van der Waals surface area (Å²) in [5.41, 5.74) is 5.88. The number of hydrazone groups is 1. The fourth-order valence-electron chi connectivity index (χ4n) is 2.15. The third kappa shape index (κ3) is 6.02. The van der Waals surface area contributed by atoms with Gasteiger partial charge in [-0.05, 0) is 57.1 Å². The van der Waals surface area contributed by atoms with Crippen LogP contribution >= 0.6 is 15.9 Å². The number of hydrogen-bond acceptors (Lipinski definition) is 3. The van der Waals surface area contributed by atoms with E-state index >= 15 is 0 Å². The van der Waals surface area contributed by atoms with Crippen LogP contribution < -0.4 is 10.2 Å². The Balaban J connectivity index is 1.84. The van der Waals surface area contributed by atoms with E-state index in [1.165, 1.54) is 5.56 Å². The lowest BCUT2D eigenvalue weighted by Crippen LogP contribution is -2.24. The van der Waals surface area contributed by atoms with Gasteiger partial charge in [-0.1, -0.05) is 51.1 Å². The van der Waals surface area contributed by atoms with Crippen molar-refractivity contribution in [2.75, 3.05) is 6.61 Å². The zero-order valence-corrected chi connectivity index (χ0v) is 16.6. The van der Waals surface area contributed by atoms with Crippen molar-refractivity contribution in [1.82, 2.24) is 5.43 Å². The van der Waals surface area contributed by atoms with Crippen molar-refractivity contribution in [2.45, 2.75) is 33.1 Å². The summed E-state index contributed by atoms with van der Waals surface area (Å²) in [5, 5.41) is 3.97. The van der Waals surface area contributed by atoms with Gasteiger partial charge < -0.3 is 4.74 Å². The van der Waals surface area contributed by atoms with Crippen LogP contribution in [-0.2, 0) is 10.2 Å². The number of carbonyl (C=O) groups excluding carboxylic acids is 1. The van der Waals surface area contributed by atoms with E-state index in [4.69, 9.17) is 4.74 Å². The lowest BCUT2D eigenvalue weighted by molar-refractivity contribution is -0.123. The lowest BCUT2D eigenvalue weighted by Gasteiger charge is -2.18. The normalized spacial score (nSPS) is 11.6. The zero-order chi connectivity index (χ0) is 18.4. The van der Waals surface area contributed by atoms with Crippen molar-refractivity contribution >= 4 is 28.1 Å². The van der Waals surface area contributed by atoms with Gasteiger partial charge in [-0.2, -0.15) is 5.10 Å². The monoisotopic (exact) mass is 402 g/mol. The predicted molar refractivity (Wildman–Crippen MR) is 105 cm³/mol. The van der Waals surface area contributed by atoms with Gasteiger partial charge in [0.25, 0.3) is 5.91 Å². The number of carbonyl (C=O) groups is 1. The molecule has 1 amide bonds. The van der Waals surface area contributed by atoms with E-state index in [-0.39, 0.29) is 17.9 Å². The van der Waals surface area contributed by atoms with Crippen molar-refractivity contribution in [1.29, 1.82) is 0 Å². The van der Waals surface area contributed by atoms with Gasteiger partial charge in [0.2, 0.25) is 0 Å². The molecule has 2 rings (SSSR count). The Hall–Kier alpha value is -2.14. The third-order valence-electron chi connectivity index (χ3n) is 3.63. The predicted octanol–water partition coefficient (Wildman–Crippen LogP) is 4.58. The molecule has 132 valence electrons. The van der Waals surface area contributed by atoms with Gasteiger partial charge in [0, 0.05) is 0 Å². The van der Waals surface area contributed by atoms with Crippen LogP contribution in [0, 0.1) is 6.92 Å². The number of hydrogen-bond donors (Lipinski definition) is 1. The molecule has 0 unspecified atom stereocenters. The Morgan fingerprint density at radius 1 is 1.20 bits per heavy atom. The molecule has 0 spiro atoms. The van der Waals surface area contributed by atoms with Crippen LogP contribution in [0.1, 0.15) is 37.5 Å². The number of halogens is 1. The molecule has 0 aromatic heterocycles. The molecule has 0 saturated heterocycles. The van der Waals surface area contributed by atoms with Crippen LogP contribution in [0.2, 0.25) is 0 Å². The number of amides is 1. The van der Waals surface area contributed by atoms with Crippen molar-refractivity contribution in [2.24, 2.45) is 5.10 Å². The first-order valence-corrected chi connectivity index (χ1v) is 8.86. The van der Waals surface area contributed by atoms with Crippen molar-refractivity contribution < 1.29 is 9.53 Å². The van der Waals surface area contributed by atoms with Gasteiger partial charge in [0.1, 0.15) is 5.75 Å². The van der Waals surface area contributed by atoms with Gasteiger partial charge in [-0.25, -0.2) is 5.43 Å². The zero-order valence-electron chi connectivity index (χ0n) is 15.0. The fraction of sp³-hybridized carbons (Fsp3) is 0.300. The first-order chi connectivity index (χ1) is 11.8. The number of ether oxygens (including phenoxy) is 1. The molecular weight excluding hydrogens is 380 g/mol. The minimum Gasteiger partial charge on any atom is -0.483 e. The Bertz CT molecular complexity index is 762. The second-order valence-electron chi connectivity index (χ2n) is 6.89. The molecular formula is C20H23BrN2O2. The molecule has 0 radical (unpaired) electrons. The highest BCUT2D eigenvalue weighted by molar-refractivity contribution is 9.10. The Labute approximate surface area is 157 Å². The number of aryl methyl sites for hydroxylation is 1. The molecule has 4 nitrogen and oxygen atoms in total. The summed E-state index contributed by atoms with van der Waals surface area (Å²) < 4.78 is 6.30. The van der Waals surface area contributed by atoms with Gasteiger partial charge in [-0.15, -0.1) is 0 Å². The molecule has 2 aromatic rings. The van der Waals surface area contributed by atoms with Gasteiger partial charge in [0.15, 0.2) is 6.61 Å². The molecule has 0 bridgehead atoms. The second-order valence-corrected chi connectivity index (χ2v) is 7.74. The minimum atomic E-state index is -0.310. The van der Waals surface area contributed by atoms with Gasteiger partial charge in [0.05, 0.1) is 10.7 Å². The highest BCUT2D eigenvalue weighted by Gasteiger charge is 2.12. The average molecular weight is 403 g/mol. The van der Waals surface area contributed by atoms with Gasteiger partial charge >= 0.3 is 0 Å². The van der Waals surface area contributed by atoms with Crippen molar-refractivity contribution in [3.63, 3.8) is 0 Å². The molecule has 0 aliphatic carbocycles. The summed E-state index contributed by atoms with van der Waals surface area (Å²) in [6.45, 7) is 8.40. The summed E-state index contributed by atoms with van der Waals surface area (Å²) >= 11 is 3.41. The summed E-state index contributed by atoms with van der Waals surface area (Å²) in [6, 6.07) is 13.8. The highest BCUT2D eigenvalue weighted by Crippen LogP contribution is 2.25. The van der Waals surface area contributed by atoms with E-state index in [0.29, 0.717) is 5.75 Å². The maximum atomic E-state index is 11.8. The van der Waals surface area contributed by atoms with Gasteiger partial charge in [-0.3, -0.25) is 4.79 Å². The molecule has 0 atom stereocenters. The molecule has 2 aromatic carbocycles. The molecule has 25 heavy (non-hydrogen) atoms. The molecule has 0 saturated carbocycles. The minimum absolute atomic E-state index is 0.0953. The van der Waals surface area contributed by atoms with Crippen molar-refractivity contribution in [3.8, 4) is 5.75 Å². The molecule has 0 aliphatic heterocycles. The third-order valence-corrected chi connectivity index (χ3v) is 4.25. The maximum Gasteiger partial charge on any atom is 0.277 e. The molecule has 0 aliphatic rings. The fourth-order valence-corrected chi connectivity index (χ4v) is 2.75. The van der Waals surface area contributed by atoms with E-state index in [0.717, 1.165) is 15.6 Å². The summed E-state index contributed by atoms with van der Waals surface area (Å²) in [7, 11) is 0. The summed E-state index contributed by atoms with van der Waals surface area (Å²) in [4.78, 5) is 11.8. The smallest absolute Gasteiger partial charge is 0.277 e. The number of rotatable bonds is 5. The first kappa shape index (κ1) is 19.2. The average Bonchev–Trinajstić information content (AvgIpc) is 2.53. The molecule has 5 heteroatoms. The Morgan fingerprint density at radius 3 is 2.48 bits per heavy atom. The highest BCUT2D eigenvalue weighted by atomic mass is 79.9. The van der Waals surface area contributed by atoms with Crippen LogP contribution in [0.3, 0.4) is 0 Å². The van der Waals surface area contributed by atoms with Crippen molar-refractivity contribution in [3.05, 3.63) is 63.6 Å². The van der Waals surface area contributed by atoms with E-state index in [1.54, 1.807) is 6.21 Å². The Morgan fingerprint density at radius 2 is 1.88 bits per heavy atom. The van der Waals surface area contributed by atoms with Crippen LogP contribution in [0.25, 0.3) is 0 Å². The maximum absolute atomic E-state index is 11.8. The number of nitrogens with one attached hydrogen (secondary N) is 1. The standard InChI is InChI=1S/C20H23BrN2O2/c1-14-5-10-18(17(21)11-14)25-13-19(24)23-22-12-15-6-8-16(9-7-15)20(2,3)4/h5-12H,13H2,1-4H3,(H,23,24)/b22-12+. The molecule has 0 fully saturated rings. The lowest BCUT2D eigenvalue weighted by atomic mass is 9.87. The van der Waals surface area contributed by atoms with Crippen LogP contribution in [0.4, 0.5) is 0 Å². The second kappa shape index (κ2) is 8.30. The quantitative estimate of drug-likeness (QED) is 0.587.